The Labute approximate surface area is 117 Å². The Morgan fingerprint density at radius 2 is 2.05 bits per heavy atom. The van der Waals surface area contributed by atoms with Crippen molar-refractivity contribution in [1.29, 1.82) is 5.26 Å². The Morgan fingerprint density at radius 1 is 1.29 bits per heavy atom. The first-order valence-electron chi connectivity index (χ1n) is 6.06. The van der Waals surface area contributed by atoms with Crippen molar-refractivity contribution in [2.24, 2.45) is 0 Å². The second-order valence-electron chi connectivity index (χ2n) is 4.64. The van der Waals surface area contributed by atoms with Crippen molar-refractivity contribution in [2.45, 2.75) is 12.2 Å². The molecule has 0 amide bonds. The summed E-state index contributed by atoms with van der Waals surface area (Å²) in [5.41, 5.74) is -0.503. The Hall–Kier alpha value is -2.63. The smallest absolute Gasteiger partial charge is 0.352 e. The molecular weight excluding hydrogens is 285 g/mol. The van der Waals surface area contributed by atoms with E-state index in [9.17, 15) is 13.2 Å². The van der Waals surface area contributed by atoms with Gasteiger partial charge in [0.1, 0.15) is 23.9 Å². The lowest BCUT2D eigenvalue weighted by molar-refractivity contribution is -0.141. The zero-order chi connectivity index (χ0) is 15.0. The van der Waals surface area contributed by atoms with Gasteiger partial charge in [-0.1, -0.05) is 0 Å². The topological polar surface area (TPSA) is 70.6 Å². The lowest BCUT2D eigenvalue weighted by atomic mass is 10.1. The molecule has 6 nitrogen and oxygen atoms in total. The fraction of sp³-hybridized carbons (Fsp3) is 0.333. The molecular formula is C12H9F3N6. The van der Waals surface area contributed by atoms with Crippen LogP contribution >= 0.6 is 0 Å². The predicted octanol–water partition coefficient (Wildman–Crippen LogP) is 1.62. The van der Waals surface area contributed by atoms with Gasteiger partial charge in [0.15, 0.2) is 0 Å². The van der Waals surface area contributed by atoms with E-state index in [4.69, 9.17) is 5.26 Å². The number of nitrogens with zero attached hydrogens (tertiary/aromatic N) is 6. The van der Waals surface area contributed by atoms with Crippen LogP contribution in [-0.4, -0.2) is 32.8 Å². The second kappa shape index (κ2) is 4.73. The van der Waals surface area contributed by atoms with Crippen LogP contribution in [0.5, 0.6) is 0 Å². The van der Waals surface area contributed by atoms with Gasteiger partial charge in [-0.25, -0.2) is 9.97 Å². The van der Waals surface area contributed by atoms with Crippen LogP contribution in [-0.2, 0) is 6.18 Å². The average molecular weight is 294 g/mol. The molecule has 0 bridgehead atoms. The molecule has 3 rings (SSSR count). The number of aromatic nitrogens is 4. The maximum atomic E-state index is 12.6. The van der Waals surface area contributed by atoms with Gasteiger partial charge in [0, 0.05) is 25.4 Å². The molecule has 0 N–H and O–H groups in total. The highest BCUT2D eigenvalue weighted by atomic mass is 19.4. The maximum Gasteiger partial charge on any atom is 0.433 e. The number of rotatable bonds is 2. The van der Waals surface area contributed by atoms with Crippen LogP contribution in [0.2, 0.25) is 0 Å². The Balaban J connectivity index is 1.70. The van der Waals surface area contributed by atoms with Crippen molar-refractivity contribution >= 4 is 5.82 Å². The summed E-state index contributed by atoms with van der Waals surface area (Å²) in [5, 5.41) is 12.8. The van der Waals surface area contributed by atoms with Crippen molar-refractivity contribution in [3.05, 3.63) is 36.0 Å². The molecule has 2 aromatic rings. The first-order valence-corrected chi connectivity index (χ1v) is 6.06. The summed E-state index contributed by atoms with van der Waals surface area (Å²) in [7, 11) is 0. The van der Waals surface area contributed by atoms with E-state index in [1.165, 1.54) is 6.20 Å². The van der Waals surface area contributed by atoms with Gasteiger partial charge in [-0.15, -0.1) is 0 Å². The molecule has 0 aliphatic carbocycles. The molecule has 0 aromatic carbocycles. The fourth-order valence-electron chi connectivity index (χ4n) is 2.08. The summed E-state index contributed by atoms with van der Waals surface area (Å²) in [6.45, 7) is 0.974. The minimum absolute atomic E-state index is 0.0244. The Morgan fingerprint density at radius 3 is 2.67 bits per heavy atom. The molecule has 108 valence electrons. The standard InChI is InChI=1S/C12H9F3N6/c13-12(14,15)10-1-11(18-7-17-10)20-5-9(6-20)21-4-8(2-16)3-19-21/h1,3-4,7,9H,5-6H2. The minimum Gasteiger partial charge on any atom is -0.352 e. The van der Waals surface area contributed by atoms with Crippen molar-refractivity contribution in [1.82, 2.24) is 19.7 Å². The fourth-order valence-corrected chi connectivity index (χ4v) is 2.08. The third-order valence-corrected chi connectivity index (χ3v) is 3.23. The number of anilines is 1. The molecule has 1 saturated heterocycles. The number of halogens is 3. The summed E-state index contributed by atoms with van der Waals surface area (Å²) in [6.07, 6.45) is -0.503. The van der Waals surface area contributed by atoms with Gasteiger partial charge in [0.25, 0.3) is 0 Å². The lowest BCUT2D eigenvalue weighted by Crippen LogP contribution is -2.48. The van der Waals surface area contributed by atoms with Gasteiger partial charge in [-0.2, -0.15) is 23.5 Å². The zero-order valence-corrected chi connectivity index (χ0v) is 10.6. The van der Waals surface area contributed by atoms with Gasteiger partial charge in [-0.05, 0) is 0 Å². The minimum atomic E-state index is -4.48. The molecule has 9 heteroatoms. The molecule has 3 heterocycles. The number of hydrogen-bond acceptors (Lipinski definition) is 5. The van der Waals surface area contributed by atoms with E-state index in [-0.39, 0.29) is 11.9 Å². The first-order chi connectivity index (χ1) is 9.97. The number of nitriles is 1. The summed E-state index contributed by atoms with van der Waals surface area (Å²) in [6, 6.07) is 2.93. The van der Waals surface area contributed by atoms with E-state index < -0.39 is 11.9 Å². The van der Waals surface area contributed by atoms with Crippen LogP contribution in [0.4, 0.5) is 19.0 Å². The molecule has 0 unspecified atom stereocenters. The van der Waals surface area contributed by atoms with Crippen LogP contribution in [0, 0.1) is 11.3 Å². The largest absolute Gasteiger partial charge is 0.433 e. The van der Waals surface area contributed by atoms with E-state index in [1.807, 2.05) is 6.07 Å². The SMILES string of the molecule is N#Cc1cnn(C2CN(c3cc(C(F)(F)F)ncn3)C2)c1. The van der Waals surface area contributed by atoms with Gasteiger partial charge in [-0.3, -0.25) is 4.68 Å². The monoisotopic (exact) mass is 294 g/mol. The quantitative estimate of drug-likeness (QED) is 0.841. The van der Waals surface area contributed by atoms with E-state index in [1.54, 1.807) is 15.8 Å². The average Bonchev–Trinajstić information content (AvgIpc) is 2.85. The highest BCUT2D eigenvalue weighted by Crippen LogP contribution is 2.31. The van der Waals surface area contributed by atoms with E-state index in [0.717, 1.165) is 12.4 Å². The van der Waals surface area contributed by atoms with Gasteiger partial charge in [0.2, 0.25) is 0 Å². The molecule has 0 atom stereocenters. The molecule has 0 radical (unpaired) electrons. The third-order valence-electron chi connectivity index (χ3n) is 3.23. The van der Waals surface area contributed by atoms with Crippen LogP contribution in [0.15, 0.2) is 24.8 Å². The van der Waals surface area contributed by atoms with E-state index >= 15 is 0 Å². The summed E-state index contributed by atoms with van der Waals surface area (Å²) in [5.74, 6) is 0.237. The molecule has 1 aliphatic heterocycles. The van der Waals surface area contributed by atoms with Crippen molar-refractivity contribution in [3.8, 4) is 6.07 Å². The summed E-state index contributed by atoms with van der Waals surface area (Å²) in [4.78, 5) is 8.79. The van der Waals surface area contributed by atoms with Gasteiger partial charge < -0.3 is 4.90 Å². The summed E-state index contributed by atoms with van der Waals surface area (Å²) >= 11 is 0. The Bertz CT molecular complexity index is 696. The lowest BCUT2D eigenvalue weighted by Gasteiger charge is -2.40. The molecule has 21 heavy (non-hydrogen) atoms. The highest BCUT2D eigenvalue weighted by Gasteiger charge is 2.35. The van der Waals surface area contributed by atoms with Crippen LogP contribution in [0.3, 0.4) is 0 Å². The Kier molecular flexibility index (Phi) is 3.01. The molecule has 0 saturated carbocycles. The molecule has 0 spiro atoms. The molecule has 1 aliphatic rings. The molecule has 1 fully saturated rings. The predicted molar refractivity (Wildman–Crippen MR) is 65.2 cm³/mol. The van der Waals surface area contributed by atoms with Crippen molar-refractivity contribution in [2.75, 3.05) is 18.0 Å². The zero-order valence-electron chi connectivity index (χ0n) is 10.6. The van der Waals surface area contributed by atoms with E-state index in [2.05, 4.69) is 15.1 Å². The van der Waals surface area contributed by atoms with Crippen molar-refractivity contribution in [3.63, 3.8) is 0 Å². The summed E-state index contributed by atoms with van der Waals surface area (Å²) < 4.78 is 39.4. The first kappa shape index (κ1) is 13.4. The molecule has 2 aromatic heterocycles. The third kappa shape index (κ3) is 2.52. The second-order valence-corrected chi connectivity index (χ2v) is 4.64. The highest BCUT2D eigenvalue weighted by molar-refractivity contribution is 5.43. The number of hydrogen-bond donors (Lipinski definition) is 0. The normalized spacial score (nSPS) is 15.6. The van der Waals surface area contributed by atoms with Crippen LogP contribution in [0.1, 0.15) is 17.3 Å². The van der Waals surface area contributed by atoms with Crippen molar-refractivity contribution < 1.29 is 13.2 Å². The van der Waals surface area contributed by atoms with Crippen LogP contribution in [0.25, 0.3) is 0 Å². The maximum absolute atomic E-state index is 12.6. The van der Waals surface area contributed by atoms with Gasteiger partial charge >= 0.3 is 6.18 Å². The number of alkyl halides is 3. The van der Waals surface area contributed by atoms with Gasteiger partial charge in [0.05, 0.1) is 17.8 Å². The van der Waals surface area contributed by atoms with Crippen LogP contribution < -0.4 is 4.90 Å². The van der Waals surface area contributed by atoms with E-state index in [0.29, 0.717) is 18.7 Å².